The Bertz CT molecular complexity index is 2880. The van der Waals surface area contributed by atoms with E-state index in [1.165, 1.54) is 26.4 Å². The molecule has 0 aliphatic heterocycles. The van der Waals surface area contributed by atoms with Crippen molar-refractivity contribution in [1.29, 1.82) is 5.26 Å². The zero-order valence-corrected chi connectivity index (χ0v) is 60.3. The first-order valence-electron chi connectivity index (χ1n) is 35.7. The number of hydrogen-bond acceptors (Lipinski definition) is 22. The number of carbonyl (C=O) groups excluding carboxylic acids is 4. The van der Waals surface area contributed by atoms with Crippen molar-refractivity contribution in [3.63, 3.8) is 0 Å². The third kappa shape index (κ3) is 34.2. The number of nitrogens with zero attached hydrogens (tertiary/aromatic N) is 5. The number of rotatable bonds is 56. The molecule has 1 heterocycles. The van der Waals surface area contributed by atoms with E-state index < -0.39 is 9.84 Å². The maximum Gasteiger partial charge on any atom is 0.306 e. The molecular formula is C73H117N7O15S. The molecule has 3 aromatic rings. The summed E-state index contributed by atoms with van der Waals surface area (Å²) in [7, 11) is -1.27. The average molecular weight is 1360 g/mol. The molecule has 0 amide bonds. The van der Waals surface area contributed by atoms with E-state index in [1.807, 2.05) is 49.1 Å². The van der Waals surface area contributed by atoms with Crippen LogP contribution in [0.4, 0.5) is 28.7 Å². The van der Waals surface area contributed by atoms with Gasteiger partial charge in [-0.3, -0.25) is 24.1 Å². The van der Waals surface area contributed by atoms with Crippen LogP contribution in [0.2, 0.25) is 0 Å². The normalized spacial score (nSPS) is 13.2. The zero-order valence-electron chi connectivity index (χ0n) is 59.4. The van der Waals surface area contributed by atoms with Crippen LogP contribution in [0.1, 0.15) is 239 Å². The van der Waals surface area contributed by atoms with Crippen molar-refractivity contribution in [3.8, 4) is 17.6 Å². The minimum atomic E-state index is -4.02. The molecule has 0 radical (unpaired) electrons. The molecule has 96 heavy (non-hydrogen) atoms. The van der Waals surface area contributed by atoms with Gasteiger partial charge in [0.15, 0.2) is 15.7 Å². The number of carbonyl (C=O) groups is 4. The summed E-state index contributed by atoms with van der Waals surface area (Å²) >= 11 is 0. The second-order valence-corrected chi connectivity index (χ2v) is 26.9. The molecular weight excluding hydrogens is 1250 g/mol. The second kappa shape index (κ2) is 50.0. The average Bonchev–Trinajstić information content (AvgIpc) is 0.797. The highest BCUT2D eigenvalue weighted by Gasteiger charge is 2.27. The highest BCUT2D eigenvalue weighted by molar-refractivity contribution is 7.91. The predicted molar refractivity (Wildman–Crippen MR) is 375 cm³/mol. The molecule has 5 unspecified atom stereocenters. The Morgan fingerprint density at radius 1 is 0.615 bits per heavy atom. The summed E-state index contributed by atoms with van der Waals surface area (Å²) < 4.78 is 68.4. The number of ether oxygens (including phenoxy) is 7. The quantitative estimate of drug-likeness (QED) is 0.0177. The SMILES string of the molecule is CCCCC(O)CCCCC(=O)OC(CCCC)CCCCC(=O)OCCOCCNc1nc(Nc2ccccc2)c(/N=N/c2cc(OC)c(S(=O)(=O)CCN(CCOC(=O)CCCCC(CCCC)OC(=O)CCCCC(O)CCCC)C(C)CC)cc2OC)c(C)c1C#N. The molecule has 23 heteroatoms. The highest BCUT2D eigenvalue weighted by Crippen LogP contribution is 2.41. The topological polar surface area (TPSA) is 296 Å². The van der Waals surface area contributed by atoms with E-state index in [9.17, 15) is 43.1 Å². The molecule has 0 aliphatic carbocycles. The minimum absolute atomic E-state index is 0.0150. The third-order valence-electron chi connectivity index (χ3n) is 16.9. The Labute approximate surface area is 574 Å². The maximum absolute atomic E-state index is 14.2. The van der Waals surface area contributed by atoms with Crippen LogP contribution in [0.3, 0.4) is 0 Å². The van der Waals surface area contributed by atoms with Gasteiger partial charge in [-0.2, -0.15) is 5.26 Å². The molecule has 0 spiro atoms. The van der Waals surface area contributed by atoms with Gasteiger partial charge in [-0.15, -0.1) is 10.2 Å². The van der Waals surface area contributed by atoms with Crippen molar-refractivity contribution in [2.24, 2.45) is 10.2 Å². The number of pyridine rings is 1. The molecule has 1 aromatic heterocycles. The fourth-order valence-corrected chi connectivity index (χ4v) is 12.3. The fraction of sp³-hybridized carbons (Fsp3) is 0.699. The molecule has 0 fully saturated rings. The Morgan fingerprint density at radius 2 is 1.11 bits per heavy atom. The summed E-state index contributed by atoms with van der Waals surface area (Å²) in [4.78, 5) is 57.4. The van der Waals surface area contributed by atoms with E-state index >= 15 is 0 Å². The van der Waals surface area contributed by atoms with Crippen LogP contribution >= 0.6 is 0 Å². The Hall–Kier alpha value is -6.45. The fourth-order valence-electron chi connectivity index (χ4n) is 10.9. The number of hydrogen-bond donors (Lipinski definition) is 4. The van der Waals surface area contributed by atoms with Gasteiger partial charge in [0.2, 0.25) is 0 Å². The van der Waals surface area contributed by atoms with E-state index in [4.69, 9.17) is 38.1 Å². The van der Waals surface area contributed by atoms with Gasteiger partial charge in [-0.1, -0.05) is 117 Å². The van der Waals surface area contributed by atoms with Gasteiger partial charge in [0.1, 0.15) is 65.1 Å². The van der Waals surface area contributed by atoms with Gasteiger partial charge in [-0.05, 0) is 122 Å². The van der Waals surface area contributed by atoms with Crippen LogP contribution in [0, 0.1) is 18.3 Å². The van der Waals surface area contributed by atoms with Gasteiger partial charge in [0.25, 0.3) is 0 Å². The van der Waals surface area contributed by atoms with Crippen LogP contribution in [0.5, 0.6) is 11.5 Å². The number of methoxy groups -OCH3 is 2. The highest BCUT2D eigenvalue weighted by atomic mass is 32.2. The lowest BCUT2D eigenvalue weighted by Crippen LogP contribution is -2.39. The van der Waals surface area contributed by atoms with E-state index in [2.05, 4.69) is 54.6 Å². The lowest BCUT2D eigenvalue weighted by molar-refractivity contribution is -0.151. The first-order chi connectivity index (χ1) is 46.4. The van der Waals surface area contributed by atoms with E-state index in [1.54, 1.807) is 6.92 Å². The molecule has 5 atom stereocenters. The largest absolute Gasteiger partial charge is 0.495 e. The monoisotopic (exact) mass is 1360 g/mol. The number of aliphatic hydroxyl groups excluding tert-OH is 2. The number of aromatic nitrogens is 1. The van der Waals surface area contributed by atoms with E-state index in [-0.39, 0.29) is 157 Å². The standard InChI is InChI=1S/C73H117N7O15S/c1-10-15-32-58(81)34-22-26-42-69(85)94-60(36-17-12-3)38-24-28-40-67(83)92-48-45-80(55(6)14-5)46-51-96(87,88)66-53-64(89-8)63(52-65(66)90-9)78-79-71-56(7)62(54-74)72(77-73(71)76-57-30-20-19-21-31-57)75-44-47-91-49-50-93-68(84)41-29-25-39-61(37-18-13-4)95-70(86)43-27-23-35-59(82)33-16-11-2/h19-21,30-31,52-53,55,58-61,81-82H,10-18,22-29,32-51H2,1-9H3,(H2,75,76,77)/b79-78+. The summed E-state index contributed by atoms with van der Waals surface area (Å²) in [5, 5.41) is 46.3. The molecule has 22 nitrogen and oxygen atoms in total. The minimum Gasteiger partial charge on any atom is -0.495 e. The van der Waals surface area contributed by atoms with Gasteiger partial charge >= 0.3 is 23.9 Å². The van der Waals surface area contributed by atoms with Crippen LogP contribution < -0.4 is 20.1 Å². The van der Waals surface area contributed by atoms with Crippen molar-refractivity contribution in [3.05, 3.63) is 53.6 Å². The van der Waals surface area contributed by atoms with E-state index in [0.29, 0.717) is 94.8 Å². The summed E-state index contributed by atoms with van der Waals surface area (Å²) in [5.41, 5.74) is 1.69. The molecule has 0 saturated heterocycles. The van der Waals surface area contributed by atoms with Gasteiger partial charge in [0.05, 0.1) is 51.0 Å². The summed E-state index contributed by atoms with van der Waals surface area (Å²) in [5.74, 6) is -0.758. The Kier molecular flexibility index (Phi) is 43.6. The molecule has 3 rings (SSSR count). The number of nitrogens with one attached hydrogen (secondary N) is 2. The molecule has 0 bridgehead atoms. The maximum atomic E-state index is 14.2. The first-order valence-corrected chi connectivity index (χ1v) is 37.3. The third-order valence-corrected chi connectivity index (χ3v) is 18.7. The number of esters is 4. The smallest absolute Gasteiger partial charge is 0.306 e. The van der Waals surface area contributed by atoms with Crippen LogP contribution in [-0.4, -0.2) is 149 Å². The van der Waals surface area contributed by atoms with Crippen molar-refractivity contribution >= 4 is 62.4 Å². The second-order valence-electron chi connectivity index (χ2n) is 24.8. The number of unbranched alkanes of at least 4 members (excludes halogenated alkanes) is 8. The number of para-hydroxylation sites is 1. The molecule has 540 valence electrons. The Balaban J connectivity index is 1.58. The molecule has 0 saturated carbocycles. The lowest BCUT2D eigenvalue weighted by atomic mass is 10.0. The van der Waals surface area contributed by atoms with Crippen LogP contribution in [0.15, 0.2) is 57.6 Å². The van der Waals surface area contributed by atoms with Gasteiger partial charge in [-0.25, -0.2) is 13.4 Å². The van der Waals surface area contributed by atoms with Crippen LogP contribution in [-0.2, 0) is 52.7 Å². The molecule has 2 aromatic carbocycles. The lowest BCUT2D eigenvalue weighted by Gasteiger charge is -2.28. The van der Waals surface area contributed by atoms with Gasteiger partial charge in [0, 0.05) is 74.7 Å². The summed E-state index contributed by atoms with van der Waals surface area (Å²) in [6.45, 7) is 15.3. The summed E-state index contributed by atoms with van der Waals surface area (Å²) in [6.07, 6.45) is 20.1. The number of anilines is 3. The first kappa shape index (κ1) is 83.8. The molecule has 4 N–H and O–H groups in total. The number of aliphatic hydroxyl groups is 2. The van der Waals surface area contributed by atoms with Crippen molar-refractivity contribution < 1.29 is 71.0 Å². The van der Waals surface area contributed by atoms with Crippen molar-refractivity contribution in [1.82, 2.24) is 9.88 Å². The van der Waals surface area contributed by atoms with E-state index in [0.717, 1.165) is 96.3 Å². The van der Waals surface area contributed by atoms with Crippen molar-refractivity contribution in [2.75, 3.05) is 76.7 Å². The Morgan fingerprint density at radius 3 is 1.64 bits per heavy atom. The number of nitriles is 1. The van der Waals surface area contributed by atoms with Gasteiger partial charge < -0.3 is 54.0 Å². The number of benzene rings is 2. The van der Waals surface area contributed by atoms with Crippen LogP contribution in [0.25, 0.3) is 0 Å². The number of azo groups is 1. The molecule has 0 aliphatic rings. The predicted octanol–water partition coefficient (Wildman–Crippen LogP) is 15.4. The number of sulfone groups is 1. The zero-order chi connectivity index (χ0) is 70.4. The van der Waals surface area contributed by atoms with Crippen molar-refractivity contribution in [2.45, 2.75) is 270 Å². The summed E-state index contributed by atoms with van der Waals surface area (Å²) in [6, 6.07) is 14.3.